The van der Waals surface area contributed by atoms with E-state index in [2.05, 4.69) is 58.7 Å². The number of amides is 4. The lowest BCUT2D eigenvalue weighted by Crippen LogP contribution is -2.45. The average molecular weight is 893 g/mol. The summed E-state index contributed by atoms with van der Waals surface area (Å²) in [5.74, 6) is 4.06. The minimum Gasteiger partial charge on any atom is -0.342 e. The van der Waals surface area contributed by atoms with Gasteiger partial charge >= 0.3 is 0 Å². The van der Waals surface area contributed by atoms with E-state index < -0.39 is 11.1 Å². The molecule has 346 valence electrons. The molecule has 2 aromatic carbocycles. The Morgan fingerprint density at radius 3 is 1.35 bits per heavy atom. The Labute approximate surface area is 388 Å². The summed E-state index contributed by atoms with van der Waals surface area (Å²) >= 11 is 0. The number of aromatic nitrogens is 4. The van der Waals surface area contributed by atoms with Gasteiger partial charge in [0, 0.05) is 94.3 Å². The van der Waals surface area contributed by atoms with Gasteiger partial charge in [-0.15, -0.1) is 0 Å². The van der Waals surface area contributed by atoms with Crippen molar-refractivity contribution in [1.29, 1.82) is 0 Å². The van der Waals surface area contributed by atoms with Gasteiger partial charge in [-0.05, 0) is 106 Å². The molecule has 4 aliphatic heterocycles. The SMILES string of the molecule is CC.Cn1cc(-c2ccc(C3=NC4(CC4)C(=O)N3CC3CCN(C(=O)C4CC4)CC3)cc2)cn1.Cn1nccc1-c1ccc(C2=NC3(CC3)C(=O)N2CC2CCN(C(=O)C3CC3)CC2)cc1. The van der Waals surface area contributed by atoms with Gasteiger partial charge in [-0.2, -0.15) is 10.2 Å². The molecule has 14 nitrogen and oxygen atoms in total. The van der Waals surface area contributed by atoms with Gasteiger partial charge < -0.3 is 9.80 Å². The lowest BCUT2D eigenvalue weighted by Gasteiger charge is -2.34. The number of amidine groups is 2. The number of carbonyl (C=O) groups excluding carboxylic acids is 4. The fourth-order valence-corrected chi connectivity index (χ4v) is 10.2. The number of carbonyl (C=O) groups is 4. The third-order valence-corrected chi connectivity index (χ3v) is 14.9. The highest BCUT2D eigenvalue weighted by Crippen LogP contribution is 2.48. The van der Waals surface area contributed by atoms with E-state index >= 15 is 0 Å². The Morgan fingerprint density at radius 2 is 0.985 bits per heavy atom. The maximum Gasteiger partial charge on any atom is 0.256 e. The summed E-state index contributed by atoms with van der Waals surface area (Å²) in [6.07, 6.45) is 17.1. The number of likely N-dealkylation sites (tertiary alicyclic amines) is 2. The highest BCUT2D eigenvalue weighted by atomic mass is 16.2. The van der Waals surface area contributed by atoms with E-state index in [0.717, 1.165) is 148 Å². The molecule has 0 N–H and O–H groups in total. The predicted octanol–water partition coefficient (Wildman–Crippen LogP) is 6.74. The number of piperidine rings is 2. The zero-order valence-electron chi connectivity index (χ0n) is 39.1. The first-order chi connectivity index (χ1) is 32.1. The van der Waals surface area contributed by atoms with Crippen LogP contribution in [-0.4, -0.2) is 125 Å². The molecule has 6 heterocycles. The highest BCUT2D eigenvalue weighted by Gasteiger charge is 2.58. The average Bonchev–Trinajstić information content (AvgIpc) is 4.19. The molecule has 4 aliphatic carbocycles. The fraction of sp³-hybridized carbons (Fsp3) is 0.538. The van der Waals surface area contributed by atoms with Gasteiger partial charge in [0.05, 0.1) is 11.9 Å². The number of nitrogens with zero attached hydrogens (tertiary/aromatic N) is 10. The minimum atomic E-state index is -0.501. The normalized spacial score (nSPS) is 21.9. The van der Waals surface area contributed by atoms with Crippen molar-refractivity contribution in [1.82, 2.24) is 39.2 Å². The first kappa shape index (κ1) is 43.9. The van der Waals surface area contributed by atoms with Crippen molar-refractivity contribution in [3.63, 3.8) is 0 Å². The first-order valence-corrected chi connectivity index (χ1v) is 24.7. The molecule has 0 atom stereocenters. The number of hydrogen-bond acceptors (Lipinski definition) is 8. The van der Waals surface area contributed by atoms with E-state index in [-0.39, 0.29) is 23.7 Å². The summed E-state index contributed by atoms with van der Waals surface area (Å²) in [5, 5.41) is 8.50. The fourth-order valence-electron chi connectivity index (χ4n) is 10.2. The largest absolute Gasteiger partial charge is 0.342 e. The van der Waals surface area contributed by atoms with E-state index in [0.29, 0.717) is 36.7 Å². The van der Waals surface area contributed by atoms with Crippen molar-refractivity contribution >= 4 is 35.3 Å². The summed E-state index contributed by atoms with van der Waals surface area (Å²) in [5.41, 5.74) is 5.32. The molecular formula is C52H64N10O4. The molecule has 66 heavy (non-hydrogen) atoms. The van der Waals surface area contributed by atoms with Crippen LogP contribution in [0.3, 0.4) is 0 Å². The van der Waals surface area contributed by atoms with Crippen LogP contribution in [0, 0.1) is 23.7 Å². The van der Waals surface area contributed by atoms with Gasteiger partial charge in [0.1, 0.15) is 22.7 Å². The van der Waals surface area contributed by atoms with Gasteiger partial charge in [0.2, 0.25) is 11.8 Å². The van der Waals surface area contributed by atoms with Crippen LogP contribution in [0.2, 0.25) is 0 Å². The smallest absolute Gasteiger partial charge is 0.256 e. The molecule has 4 aromatic rings. The summed E-state index contributed by atoms with van der Waals surface area (Å²) in [7, 11) is 3.85. The molecule has 0 unspecified atom stereocenters. The van der Waals surface area contributed by atoms with Gasteiger partial charge in [-0.3, -0.25) is 48.3 Å². The number of benzene rings is 2. The van der Waals surface area contributed by atoms with Crippen molar-refractivity contribution in [3.05, 3.63) is 84.3 Å². The second-order valence-electron chi connectivity index (χ2n) is 19.7. The first-order valence-electron chi connectivity index (χ1n) is 24.7. The van der Waals surface area contributed by atoms with Crippen LogP contribution in [0.15, 0.2) is 83.2 Å². The van der Waals surface area contributed by atoms with Crippen molar-refractivity contribution in [3.8, 4) is 22.4 Å². The van der Waals surface area contributed by atoms with Gasteiger partial charge in [0.25, 0.3) is 11.8 Å². The zero-order valence-corrected chi connectivity index (χ0v) is 39.1. The van der Waals surface area contributed by atoms with Crippen LogP contribution >= 0.6 is 0 Å². The van der Waals surface area contributed by atoms with Crippen molar-refractivity contribution in [2.24, 2.45) is 47.8 Å². The molecule has 12 rings (SSSR count). The molecule has 4 saturated carbocycles. The Balaban J connectivity index is 0.000000149. The Hall–Kier alpha value is -5.92. The quantitative estimate of drug-likeness (QED) is 0.173. The van der Waals surface area contributed by atoms with Crippen LogP contribution in [-0.2, 0) is 33.3 Å². The lowest BCUT2D eigenvalue weighted by molar-refractivity contribution is -0.135. The number of aryl methyl sites for hydroxylation is 2. The number of aliphatic imine (C=N–C) groups is 2. The molecule has 2 spiro atoms. The molecular weight excluding hydrogens is 829 g/mol. The second-order valence-corrected chi connectivity index (χ2v) is 19.7. The maximum absolute atomic E-state index is 13.3. The van der Waals surface area contributed by atoms with Crippen molar-refractivity contribution in [2.75, 3.05) is 39.3 Å². The topological polar surface area (TPSA) is 142 Å². The van der Waals surface area contributed by atoms with E-state index in [9.17, 15) is 19.2 Å². The maximum atomic E-state index is 13.3. The number of hydrogen-bond donors (Lipinski definition) is 0. The van der Waals surface area contributed by atoms with Crippen LogP contribution in [0.25, 0.3) is 22.4 Å². The lowest BCUT2D eigenvalue weighted by atomic mass is 9.95. The molecule has 4 amide bonds. The monoisotopic (exact) mass is 893 g/mol. The predicted molar refractivity (Wildman–Crippen MR) is 253 cm³/mol. The minimum absolute atomic E-state index is 0.166. The Morgan fingerprint density at radius 1 is 0.561 bits per heavy atom. The summed E-state index contributed by atoms with van der Waals surface area (Å²) in [4.78, 5) is 69.0. The van der Waals surface area contributed by atoms with Crippen LogP contribution in [0.1, 0.15) is 102 Å². The van der Waals surface area contributed by atoms with Crippen LogP contribution in [0.5, 0.6) is 0 Å². The molecule has 0 bridgehead atoms. The molecule has 8 aliphatic rings. The third kappa shape index (κ3) is 8.75. The van der Waals surface area contributed by atoms with Gasteiger partial charge in [-0.25, -0.2) is 0 Å². The standard InChI is InChI=1S/2C25H29N5O2.C2H6/c1-28-21(8-13-26-28)18-2-4-19(5-3-18)22-27-25(11-12-25)24(32)30(22)16-17-9-14-29(15-10-17)23(31)20-6-7-20;1-28-16-21(14-26-28)18-2-4-19(5-3-18)22-27-25(10-11-25)24(32)30(22)15-17-8-12-29(13-9-17)23(31)20-6-7-20;1-2/h2-5,8,13,17,20H,6-7,9-12,14-16H2,1H3;2-5,14,16-17,20H,6-13,15H2,1H3;1-2H3. The molecule has 0 radical (unpaired) electrons. The van der Waals surface area contributed by atoms with Gasteiger partial charge in [-0.1, -0.05) is 62.4 Å². The summed E-state index contributed by atoms with van der Waals surface area (Å²) in [6.45, 7) is 8.68. The molecule has 6 fully saturated rings. The van der Waals surface area contributed by atoms with Gasteiger partial charge in [0.15, 0.2) is 0 Å². The summed E-state index contributed by atoms with van der Waals surface area (Å²) in [6, 6.07) is 18.6. The third-order valence-electron chi connectivity index (χ3n) is 14.9. The van der Waals surface area contributed by atoms with Crippen molar-refractivity contribution < 1.29 is 19.2 Å². The van der Waals surface area contributed by atoms with E-state index in [1.807, 2.05) is 70.7 Å². The zero-order chi connectivity index (χ0) is 45.7. The van der Waals surface area contributed by atoms with Crippen LogP contribution < -0.4 is 0 Å². The Kier molecular flexibility index (Phi) is 11.8. The summed E-state index contributed by atoms with van der Waals surface area (Å²) < 4.78 is 3.66. The highest BCUT2D eigenvalue weighted by molar-refractivity contribution is 6.17. The van der Waals surface area contributed by atoms with Crippen molar-refractivity contribution in [2.45, 2.75) is 102 Å². The number of rotatable bonds is 10. The van der Waals surface area contributed by atoms with E-state index in [1.54, 1.807) is 10.9 Å². The van der Waals surface area contributed by atoms with Crippen LogP contribution in [0.4, 0.5) is 0 Å². The molecule has 2 aromatic heterocycles. The Bertz CT molecular complexity index is 2520. The molecule has 2 saturated heterocycles. The van der Waals surface area contributed by atoms with E-state index in [1.165, 1.54) is 0 Å². The van der Waals surface area contributed by atoms with E-state index in [4.69, 9.17) is 9.98 Å². The second kappa shape index (κ2) is 17.7. The molecule has 14 heteroatoms.